The molecule has 2 rings (SSSR count). The molecule has 0 spiro atoms. The van der Waals surface area contributed by atoms with E-state index in [4.69, 9.17) is 0 Å². The van der Waals surface area contributed by atoms with Gasteiger partial charge in [0.2, 0.25) is 5.91 Å². The smallest absolute Gasteiger partial charge is 0.224 e. The van der Waals surface area contributed by atoms with Crippen LogP contribution in [-0.4, -0.2) is 16.1 Å². The molecule has 4 heteroatoms. The second kappa shape index (κ2) is 2.65. The van der Waals surface area contributed by atoms with Crippen molar-refractivity contribution in [3.63, 3.8) is 0 Å². The first-order valence-corrected chi connectivity index (χ1v) is 4.02. The summed E-state index contributed by atoms with van der Waals surface area (Å²) in [7, 11) is 0. The molecular weight excluding hydrogens is 170 g/mol. The van der Waals surface area contributed by atoms with E-state index >= 15 is 0 Å². The number of carbonyl (C=O) groups is 1. The molecule has 1 aliphatic rings. The quantitative estimate of drug-likeness (QED) is 0.410. The molecule has 1 aromatic carbocycles. The van der Waals surface area contributed by atoms with Gasteiger partial charge in [-0.15, -0.1) is 0 Å². The number of phenols is 2. The summed E-state index contributed by atoms with van der Waals surface area (Å²) in [6.45, 7) is 0. The third kappa shape index (κ3) is 1.20. The highest BCUT2D eigenvalue weighted by Gasteiger charge is 2.20. The van der Waals surface area contributed by atoms with Gasteiger partial charge in [-0.3, -0.25) is 4.79 Å². The molecule has 0 radical (unpaired) electrons. The lowest BCUT2D eigenvalue weighted by Gasteiger charge is -2.18. The van der Waals surface area contributed by atoms with E-state index in [0.717, 1.165) is 0 Å². The number of carbonyl (C=O) groups excluding carboxylic acids is 1. The van der Waals surface area contributed by atoms with E-state index < -0.39 is 0 Å². The standard InChI is InChI=1S/C9H9NO3/c11-6-2-3-7(12)9-5(6)1-4-8(13)10-9/h2-3,11-12H,1,4H2,(H,10,13). The molecule has 0 aromatic heterocycles. The van der Waals surface area contributed by atoms with Crippen molar-refractivity contribution >= 4 is 11.6 Å². The van der Waals surface area contributed by atoms with Crippen molar-refractivity contribution in [1.82, 2.24) is 0 Å². The second-order valence-corrected chi connectivity index (χ2v) is 3.01. The van der Waals surface area contributed by atoms with Crippen LogP contribution in [0.1, 0.15) is 12.0 Å². The topological polar surface area (TPSA) is 69.6 Å². The summed E-state index contributed by atoms with van der Waals surface area (Å²) in [6.07, 6.45) is 0.825. The van der Waals surface area contributed by atoms with Gasteiger partial charge in [-0.1, -0.05) is 0 Å². The Balaban J connectivity index is 2.57. The van der Waals surface area contributed by atoms with E-state index in [1.54, 1.807) is 0 Å². The van der Waals surface area contributed by atoms with E-state index in [9.17, 15) is 15.0 Å². The van der Waals surface area contributed by atoms with Crippen LogP contribution in [0.3, 0.4) is 0 Å². The molecule has 13 heavy (non-hydrogen) atoms. The molecule has 0 bridgehead atoms. The summed E-state index contributed by atoms with van der Waals surface area (Å²) >= 11 is 0. The average molecular weight is 179 g/mol. The molecule has 1 aliphatic heterocycles. The lowest BCUT2D eigenvalue weighted by molar-refractivity contribution is -0.116. The van der Waals surface area contributed by atoms with Gasteiger partial charge in [0, 0.05) is 12.0 Å². The Bertz CT molecular complexity index is 373. The first-order valence-electron chi connectivity index (χ1n) is 4.02. The highest BCUT2D eigenvalue weighted by Crippen LogP contribution is 2.37. The number of nitrogens with one attached hydrogen (secondary N) is 1. The largest absolute Gasteiger partial charge is 0.508 e. The number of benzene rings is 1. The minimum atomic E-state index is -0.131. The second-order valence-electron chi connectivity index (χ2n) is 3.01. The number of hydrogen-bond donors (Lipinski definition) is 3. The van der Waals surface area contributed by atoms with Crippen LogP contribution in [0.25, 0.3) is 0 Å². The van der Waals surface area contributed by atoms with E-state index in [1.165, 1.54) is 12.1 Å². The summed E-state index contributed by atoms with van der Waals surface area (Å²) in [6, 6.07) is 2.78. The van der Waals surface area contributed by atoms with Crippen molar-refractivity contribution in [3.8, 4) is 11.5 Å². The molecule has 4 nitrogen and oxygen atoms in total. The van der Waals surface area contributed by atoms with Crippen LogP contribution in [0.15, 0.2) is 12.1 Å². The third-order valence-corrected chi connectivity index (χ3v) is 2.13. The van der Waals surface area contributed by atoms with E-state index in [0.29, 0.717) is 24.1 Å². The van der Waals surface area contributed by atoms with E-state index in [-0.39, 0.29) is 17.4 Å². The maximum absolute atomic E-state index is 11.0. The molecule has 0 saturated carbocycles. The minimum absolute atomic E-state index is 0.000787. The number of rotatable bonds is 0. The monoisotopic (exact) mass is 179 g/mol. The summed E-state index contributed by atoms with van der Waals surface area (Å²) in [4.78, 5) is 11.0. The van der Waals surface area contributed by atoms with Gasteiger partial charge in [-0.2, -0.15) is 0 Å². The van der Waals surface area contributed by atoms with Crippen molar-refractivity contribution in [1.29, 1.82) is 0 Å². The maximum Gasteiger partial charge on any atom is 0.224 e. The molecular formula is C9H9NO3. The zero-order chi connectivity index (χ0) is 9.42. The molecule has 1 amide bonds. The molecule has 0 aliphatic carbocycles. The Morgan fingerprint density at radius 3 is 2.62 bits per heavy atom. The van der Waals surface area contributed by atoms with E-state index in [2.05, 4.69) is 5.32 Å². The maximum atomic E-state index is 11.0. The van der Waals surface area contributed by atoms with Crippen molar-refractivity contribution in [2.45, 2.75) is 12.8 Å². The first-order chi connectivity index (χ1) is 6.18. The zero-order valence-electron chi connectivity index (χ0n) is 6.87. The van der Waals surface area contributed by atoms with E-state index in [1.807, 2.05) is 0 Å². The fourth-order valence-corrected chi connectivity index (χ4v) is 1.46. The van der Waals surface area contributed by atoms with Crippen LogP contribution < -0.4 is 5.32 Å². The van der Waals surface area contributed by atoms with Crippen LogP contribution in [0, 0.1) is 0 Å². The summed E-state index contributed by atoms with van der Waals surface area (Å²) < 4.78 is 0. The molecule has 0 saturated heterocycles. The average Bonchev–Trinajstić information content (AvgIpc) is 2.12. The predicted molar refractivity (Wildman–Crippen MR) is 46.7 cm³/mol. The van der Waals surface area contributed by atoms with Gasteiger partial charge in [-0.25, -0.2) is 0 Å². The summed E-state index contributed by atoms with van der Waals surface area (Å²) in [5.41, 5.74) is 0.954. The Kier molecular flexibility index (Phi) is 1.62. The summed E-state index contributed by atoms with van der Waals surface area (Å²) in [5, 5.41) is 21.3. The van der Waals surface area contributed by atoms with Crippen LogP contribution >= 0.6 is 0 Å². The predicted octanol–water partition coefficient (Wildman–Crippen LogP) is 0.982. The van der Waals surface area contributed by atoms with Gasteiger partial charge in [0.25, 0.3) is 0 Å². The van der Waals surface area contributed by atoms with Crippen LogP contribution in [0.2, 0.25) is 0 Å². The fourth-order valence-electron chi connectivity index (χ4n) is 1.46. The SMILES string of the molecule is O=C1CCc2c(O)ccc(O)c2N1. The highest BCUT2D eigenvalue weighted by molar-refractivity contribution is 5.96. The molecule has 1 aromatic rings. The number of phenolic OH excluding ortho intramolecular Hbond substituents is 2. The van der Waals surface area contributed by atoms with Crippen molar-refractivity contribution < 1.29 is 15.0 Å². The highest BCUT2D eigenvalue weighted by atomic mass is 16.3. The third-order valence-electron chi connectivity index (χ3n) is 2.13. The molecule has 1 heterocycles. The fraction of sp³-hybridized carbons (Fsp3) is 0.222. The summed E-state index contributed by atoms with van der Waals surface area (Å²) in [5.74, 6) is -0.0120. The van der Waals surface area contributed by atoms with Gasteiger partial charge in [0.15, 0.2) is 0 Å². The Morgan fingerprint density at radius 2 is 1.85 bits per heavy atom. The number of aromatic hydroxyl groups is 2. The minimum Gasteiger partial charge on any atom is -0.508 e. The lowest BCUT2D eigenvalue weighted by Crippen LogP contribution is -2.18. The van der Waals surface area contributed by atoms with Gasteiger partial charge in [0.1, 0.15) is 11.5 Å². The lowest BCUT2D eigenvalue weighted by atomic mass is 10.0. The molecule has 3 N–H and O–H groups in total. The van der Waals surface area contributed by atoms with Crippen LogP contribution in [-0.2, 0) is 11.2 Å². The van der Waals surface area contributed by atoms with Gasteiger partial charge in [0.05, 0.1) is 5.69 Å². The van der Waals surface area contributed by atoms with Crippen LogP contribution in [0.4, 0.5) is 5.69 Å². The Morgan fingerprint density at radius 1 is 1.15 bits per heavy atom. The first kappa shape index (κ1) is 7.91. The molecule has 0 fully saturated rings. The Hall–Kier alpha value is -1.71. The normalized spacial score (nSPS) is 14.9. The molecule has 68 valence electrons. The van der Waals surface area contributed by atoms with Crippen molar-refractivity contribution in [3.05, 3.63) is 17.7 Å². The van der Waals surface area contributed by atoms with Crippen LogP contribution in [0.5, 0.6) is 11.5 Å². The number of amides is 1. The molecule has 0 unspecified atom stereocenters. The zero-order valence-corrected chi connectivity index (χ0v) is 6.87. The number of fused-ring (bicyclic) bond motifs is 1. The number of hydrogen-bond acceptors (Lipinski definition) is 3. The van der Waals surface area contributed by atoms with Gasteiger partial charge in [-0.05, 0) is 18.6 Å². The number of anilines is 1. The Labute approximate surface area is 74.8 Å². The van der Waals surface area contributed by atoms with Crippen molar-refractivity contribution in [2.24, 2.45) is 0 Å². The van der Waals surface area contributed by atoms with Crippen molar-refractivity contribution in [2.75, 3.05) is 5.32 Å². The molecule has 0 atom stereocenters. The van der Waals surface area contributed by atoms with Gasteiger partial charge >= 0.3 is 0 Å². The van der Waals surface area contributed by atoms with Gasteiger partial charge < -0.3 is 15.5 Å².